The minimum absolute atomic E-state index is 0.156. The predicted octanol–water partition coefficient (Wildman–Crippen LogP) is 4.22. The van der Waals surface area contributed by atoms with E-state index < -0.39 is 36.3 Å². The average Bonchev–Trinajstić information content (AvgIpc) is 4.02. The van der Waals surface area contributed by atoms with Crippen molar-refractivity contribution in [2.75, 3.05) is 27.2 Å². The first-order valence-corrected chi connectivity index (χ1v) is 23.3. The SMILES string of the molecule is CNC(C)C(=O)NC(C)C(=O)N1CCC[C@H]1C(=O)N[C@@H]1CCCc2c(-c3ccc(-c4cccc5c4CCC[C@H]5NC(=O)[C@@H]4CCCN4C(=O)C(C)NC(=O)C(C)NC)cc3)cccc21. The third-order valence-corrected chi connectivity index (χ3v) is 13.9. The molecule has 0 aromatic heterocycles. The first kappa shape index (κ1) is 46.4. The molecule has 0 saturated carbocycles. The molecule has 2 aliphatic heterocycles. The maximum atomic E-state index is 13.9. The Morgan fingerprint density at radius 2 is 0.906 bits per heavy atom. The first-order chi connectivity index (χ1) is 30.8. The molecular formula is C50H66N8O6. The van der Waals surface area contributed by atoms with Crippen LogP contribution in [0.25, 0.3) is 22.3 Å². The minimum Gasteiger partial charge on any atom is -0.347 e. The second-order valence-corrected chi connectivity index (χ2v) is 18.1. The summed E-state index contributed by atoms with van der Waals surface area (Å²) >= 11 is 0. The third kappa shape index (κ3) is 9.87. The van der Waals surface area contributed by atoms with Crippen molar-refractivity contribution in [2.24, 2.45) is 0 Å². The number of benzene rings is 3. The van der Waals surface area contributed by atoms with E-state index >= 15 is 0 Å². The van der Waals surface area contributed by atoms with Gasteiger partial charge in [-0.3, -0.25) is 28.8 Å². The number of amides is 6. The van der Waals surface area contributed by atoms with Crippen molar-refractivity contribution in [3.05, 3.63) is 82.9 Å². The van der Waals surface area contributed by atoms with E-state index in [1.165, 1.54) is 11.1 Å². The van der Waals surface area contributed by atoms with E-state index in [9.17, 15) is 28.8 Å². The van der Waals surface area contributed by atoms with E-state index in [2.05, 4.69) is 92.6 Å². The molecule has 6 amide bonds. The van der Waals surface area contributed by atoms with Crippen LogP contribution in [0.3, 0.4) is 0 Å². The quantitative estimate of drug-likeness (QED) is 0.139. The summed E-state index contributed by atoms with van der Waals surface area (Å²) in [5, 5.41) is 18.0. The summed E-state index contributed by atoms with van der Waals surface area (Å²) in [5.74, 6) is -1.33. The zero-order valence-electron chi connectivity index (χ0n) is 38.2. The van der Waals surface area contributed by atoms with Gasteiger partial charge in [-0.25, -0.2) is 0 Å². The number of hydrogen-bond acceptors (Lipinski definition) is 8. The summed E-state index contributed by atoms with van der Waals surface area (Å²) in [5.41, 5.74) is 9.14. The lowest BCUT2D eigenvalue weighted by Gasteiger charge is -2.32. The third-order valence-electron chi connectivity index (χ3n) is 13.9. The number of likely N-dealkylation sites (N-methyl/N-ethyl adjacent to an activating group) is 2. The first-order valence-electron chi connectivity index (χ1n) is 23.3. The zero-order valence-corrected chi connectivity index (χ0v) is 38.2. The van der Waals surface area contributed by atoms with Crippen LogP contribution in [-0.4, -0.2) is 109 Å². The predicted molar refractivity (Wildman–Crippen MR) is 247 cm³/mol. The summed E-state index contributed by atoms with van der Waals surface area (Å²) in [6.07, 6.45) is 7.87. The fourth-order valence-corrected chi connectivity index (χ4v) is 10.1. The van der Waals surface area contributed by atoms with Crippen molar-refractivity contribution in [2.45, 2.75) is 140 Å². The average molecular weight is 875 g/mol. The van der Waals surface area contributed by atoms with E-state index in [1.54, 1.807) is 51.6 Å². The maximum absolute atomic E-state index is 13.9. The standard InChI is InChI=1S/C50H66N8O6/c1-29(51-5)45(59)53-31(3)49(63)57-27-11-21-43(57)47(61)55-41-19-9-15-37-35(13-7-17-39(37)41)33-23-25-34(26-24-33)36-14-8-18-40-38(36)16-10-20-42(40)56-48(62)44-22-12-28-58(44)50(64)32(4)54-46(60)30(2)52-6/h7-8,13-14,17-18,23-26,29-32,41-44,51-52H,9-12,15-16,19-22,27-28H2,1-6H3,(H,53,59)(H,54,60)(H,55,61)(H,56,62)/t29?,30?,31?,32?,41-,42-,43+,44+/m1/s1. The number of carbonyl (C=O) groups excluding carboxylic acids is 6. The van der Waals surface area contributed by atoms with Gasteiger partial charge in [-0.15, -0.1) is 0 Å². The molecule has 3 aromatic rings. The van der Waals surface area contributed by atoms with Crippen LogP contribution >= 0.6 is 0 Å². The molecule has 6 N–H and O–H groups in total. The molecule has 0 bridgehead atoms. The van der Waals surface area contributed by atoms with Crippen LogP contribution in [0.5, 0.6) is 0 Å². The Bertz CT molecular complexity index is 2070. The van der Waals surface area contributed by atoms with E-state index in [1.807, 2.05) is 0 Å². The molecule has 4 unspecified atom stereocenters. The number of likely N-dealkylation sites (tertiary alicyclic amines) is 2. The molecule has 2 heterocycles. The Labute approximate surface area is 377 Å². The lowest BCUT2D eigenvalue weighted by molar-refractivity contribution is -0.141. The molecule has 7 rings (SSSR count). The summed E-state index contributed by atoms with van der Waals surface area (Å²) < 4.78 is 0. The van der Waals surface area contributed by atoms with Gasteiger partial charge in [-0.05, 0) is 151 Å². The van der Waals surface area contributed by atoms with Crippen LogP contribution in [0.1, 0.15) is 113 Å². The van der Waals surface area contributed by atoms with Gasteiger partial charge < -0.3 is 41.7 Å². The summed E-state index contributed by atoms with van der Waals surface area (Å²) in [6, 6.07) is 17.4. The lowest BCUT2D eigenvalue weighted by atomic mass is 9.81. The highest BCUT2D eigenvalue weighted by Crippen LogP contribution is 2.40. The molecule has 2 fully saturated rings. The Kier molecular flexibility index (Phi) is 14.9. The molecule has 0 spiro atoms. The molecule has 14 heteroatoms. The van der Waals surface area contributed by atoms with Crippen molar-refractivity contribution in [1.82, 2.24) is 41.7 Å². The van der Waals surface area contributed by atoms with Gasteiger partial charge in [0.15, 0.2) is 0 Å². The van der Waals surface area contributed by atoms with Gasteiger partial charge in [0.1, 0.15) is 24.2 Å². The zero-order chi connectivity index (χ0) is 45.7. The number of hydrogen-bond donors (Lipinski definition) is 6. The van der Waals surface area contributed by atoms with Crippen LogP contribution in [0.2, 0.25) is 0 Å². The van der Waals surface area contributed by atoms with E-state index in [0.717, 1.165) is 84.7 Å². The summed E-state index contributed by atoms with van der Waals surface area (Å²) in [6.45, 7) is 7.76. The van der Waals surface area contributed by atoms with Gasteiger partial charge >= 0.3 is 0 Å². The van der Waals surface area contributed by atoms with E-state index in [-0.39, 0.29) is 47.5 Å². The van der Waals surface area contributed by atoms with Gasteiger partial charge in [0.25, 0.3) is 0 Å². The topological polar surface area (TPSA) is 181 Å². The normalized spacial score (nSPS) is 22.3. The second-order valence-electron chi connectivity index (χ2n) is 18.1. The van der Waals surface area contributed by atoms with E-state index in [0.29, 0.717) is 25.9 Å². The fourth-order valence-electron chi connectivity index (χ4n) is 10.1. The van der Waals surface area contributed by atoms with Crippen molar-refractivity contribution in [1.29, 1.82) is 0 Å². The molecular weight excluding hydrogens is 809 g/mol. The highest BCUT2D eigenvalue weighted by molar-refractivity contribution is 5.94. The summed E-state index contributed by atoms with van der Waals surface area (Å²) in [7, 11) is 3.38. The Morgan fingerprint density at radius 1 is 0.516 bits per heavy atom. The van der Waals surface area contributed by atoms with Gasteiger partial charge in [0.05, 0.1) is 24.2 Å². The number of carbonyl (C=O) groups is 6. The van der Waals surface area contributed by atoms with Gasteiger partial charge in [-0.1, -0.05) is 60.7 Å². The van der Waals surface area contributed by atoms with Crippen LogP contribution in [0.4, 0.5) is 0 Å². The van der Waals surface area contributed by atoms with Crippen molar-refractivity contribution < 1.29 is 28.8 Å². The molecule has 0 radical (unpaired) electrons. The number of fused-ring (bicyclic) bond motifs is 2. The van der Waals surface area contributed by atoms with Gasteiger partial charge in [-0.2, -0.15) is 0 Å². The summed E-state index contributed by atoms with van der Waals surface area (Å²) in [4.78, 5) is 82.8. The molecule has 2 saturated heterocycles. The van der Waals surface area contributed by atoms with E-state index in [4.69, 9.17) is 0 Å². The molecule has 8 atom stereocenters. The largest absolute Gasteiger partial charge is 0.347 e. The molecule has 342 valence electrons. The number of nitrogens with one attached hydrogen (secondary N) is 6. The van der Waals surface area contributed by atoms with Crippen LogP contribution in [0.15, 0.2) is 60.7 Å². The highest BCUT2D eigenvalue weighted by atomic mass is 16.2. The van der Waals surface area contributed by atoms with Crippen LogP contribution < -0.4 is 31.9 Å². The monoisotopic (exact) mass is 875 g/mol. The Morgan fingerprint density at radius 3 is 1.28 bits per heavy atom. The molecule has 4 aliphatic rings. The maximum Gasteiger partial charge on any atom is 0.245 e. The minimum atomic E-state index is -0.740. The molecule has 14 nitrogen and oxygen atoms in total. The van der Waals surface area contributed by atoms with Gasteiger partial charge in [0.2, 0.25) is 35.4 Å². The van der Waals surface area contributed by atoms with Crippen molar-refractivity contribution >= 4 is 35.4 Å². The van der Waals surface area contributed by atoms with Gasteiger partial charge in [0, 0.05) is 13.1 Å². The van der Waals surface area contributed by atoms with Crippen molar-refractivity contribution in [3.63, 3.8) is 0 Å². The lowest BCUT2D eigenvalue weighted by Crippen LogP contribution is -2.54. The van der Waals surface area contributed by atoms with Crippen LogP contribution in [-0.2, 0) is 41.6 Å². The molecule has 2 aliphatic carbocycles. The smallest absolute Gasteiger partial charge is 0.245 e. The number of rotatable bonds is 14. The molecule has 64 heavy (non-hydrogen) atoms. The van der Waals surface area contributed by atoms with Crippen LogP contribution in [0, 0.1) is 0 Å². The molecule has 3 aromatic carbocycles. The van der Waals surface area contributed by atoms with Crippen molar-refractivity contribution in [3.8, 4) is 22.3 Å². The number of nitrogens with zero attached hydrogens (tertiary/aromatic N) is 2. The fraction of sp³-hybridized carbons (Fsp3) is 0.520. The highest BCUT2D eigenvalue weighted by Gasteiger charge is 2.40. The Hall–Kier alpha value is -5.60. The Balaban J connectivity index is 1.02. The second kappa shape index (κ2) is 20.5.